The van der Waals surface area contributed by atoms with Gasteiger partial charge in [0.25, 0.3) is 5.56 Å². The molecule has 0 saturated heterocycles. The molecule has 8 nitrogen and oxygen atoms in total. The first-order valence-corrected chi connectivity index (χ1v) is 9.37. The summed E-state index contributed by atoms with van der Waals surface area (Å²) < 4.78 is 15.9. The molecule has 30 heavy (non-hydrogen) atoms. The average Bonchev–Trinajstić information content (AvgIpc) is 3.12. The van der Waals surface area contributed by atoms with Gasteiger partial charge in [-0.2, -0.15) is 0 Å². The standard InChI is InChI=1S/C20H16ClFN6O2/c1-12-2-4-13(5-3-12)9-28-19-18(25-26-28)20(30)27(11-23-19)10-17(29)24-14-6-7-16(22)15(21)8-14/h2-8,11H,9-10H2,1H3,(H,24,29). The van der Waals surface area contributed by atoms with Crippen LogP contribution in [0.4, 0.5) is 10.1 Å². The number of aryl methyl sites for hydroxylation is 1. The van der Waals surface area contributed by atoms with Gasteiger partial charge >= 0.3 is 0 Å². The van der Waals surface area contributed by atoms with Crippen LogP contribution in [-0.2, 0) is 17.9 Å². The minimum absolute atomic E-state index is 0.0715. The molecule has 0 aliphatic heterocycles. The van der Waals surface area contributed by atoms with Gasteiger partial charge in [0, 0.05) is 5.69 Å². The Morgan fingerprint density at radius 3 is 2.70 bits per heavy atom. The summed E-state index contributed by atoms with van der Waals surface area (Å²) >= 11 is 5.71. The number of anilines is 1. The van der Waals surface area contributed by atoms with E-state index in [1.165, 1.54) is 23.1 Å². The minimum Gasteiger partial charge on any atom is -0.324 e. The van der Waals surface area contributed by atoms with Crippen LogP contribution in [0.5, 0.6) is 0 Å². The molecule has 2 aromatic heterocycles. The third-order valence-electron chi connectivity index (χ3n) is 4.46. The lowest BCUT2D eigenvalue weighted by atomic mass is 10.1. The van der Waals surface area contributed by atoms with Crippen LogP contribution < -0.4 is 10.9 Å². The Morgan fingerprint density at radius 1 is 1.20 bits per heavy atom. The second kappa shape index (κ2) is 8.03. The van der Waals surface area contributed by atoms with Gasteiger partial charge in [-0.3, -0.25) is 14.2 Å². The topological polar surface area (TPSA) is 94.7 Å². The van der Waals surface area contributed by atoms with E-state index < -0.39 is 17.3 Å². The molecule has 0 saturated carbocycles. The zero-order chi connectivity index (χ0) is 21.3. The monoisotopic (exact) mass is 426 g/mol. The van der Waals surface area contributed by atoms with Crippen LogP contribution in [0.25, 0.3) is 11.2 Å². The lowest BCUT2D eigenvalue weighted by Gasteiger charge is -2.08. The van der Waals surface area contributed by atoms with E-state index in [1.54, 1.807) is 0 Å². The summed E-state index contributed by atoms with van der Waals surface area (Å²) in [5, 5.41) is 10.4. The number of hydrogen-bond donors (Lipinski definition) is 1. The van der Waals surface area contributed by atoms with Crippen molar-refractivity contribution in [2.45, 2.75) is 20.0 Å². The minimum atomic E-state index is -0.589. The van der Waals surface area contributed by atoms with Crippen molar-refractivity contribution in [3.63, 3.8) is 0 Å². The van der Waals surface area contributed by atoms with Crippen LogP contribution in [0.1, 0.15) is 11.1 Å². The number of aromatic nitrogens is 5. The number of halogens is 2. The molecule has 1 amide bonds. The predicted molar refractivity (Wildman–Crippen MR) is 110 cm³/mol. The van der Waals surface area contributed by atoms with Crippen LogP contribution in [-0.4, -0.2) is 30.5 Å². The maximum atomic E-state index is 13.2. The molecule has 0 aliphatic carbocycles. The van der Waals surface area contributed by atoms with Crippen molar-refractivity contribution in [2.24, 2.45) is 0 Å². The Morgan fingerprint density at radius 2 is 1.97 bits per heavy atom. The highest BCUT2D eigenvalue weighted by Gasteiger charge is 2.14. The second-order valence-corrected chi connectivity index (χ2v) is 7.17. The Hall–Kier alpha value is -3.59. The summed E-state index contributed by atoms with van der Waals surface area (Å²) in [6.45, 7) is 2.13. The van der Waals surface area contributed by atoms with Crippen molar-refractivity contribution < 1.29 is 9.18 Å². The molecular formula is C20H16ClFN6O2. The molecule has 2 aromatic carbocycles. The van der Waals surface area contributed by atoms with E-state index >= 15 is 0 Å². The maximum Gasteiger partial charge on any atom is 0.283 e. The summed E-state index contributed by atoms with van der Waals surface area (Å²) in [7, 11) is 0. The molecule has 2 heterocycles. The van der Waals surface area contributed by atoms with E-state index in [4.69, 9.17) is 11.6 Å². The van der Waals surface area contributed by atoms with Crippen molar-refractivity contribution in [2.75, 3.05) is 5.32 Å². The fraction of sp³-hybridized carbons (Fsp3) is 0.150. The van der Waals surface area contributed by atoms with Gasteiger partial charge in [0.05, 0.1) is 11.6 Å². The number of carbonyl (C=O) groups excluding carboxylic acids is 1. The lowest BCUT2D eigenvalue weighted by molar-refractivity contribution is -0.116. The van der Waals surface area contributed by atoms with Crippen molar-refractivity contribution in [1.82, 2.24) is 24.5 Å². The molecule has 0 aliphatic rings. The van der Waals surface area contributed by atoms with Crippen molar-refractivity contribution >= 4 is 34.4 Å². The number of fused-ring (bicyclic) bond motifs is 1. The van der Waals surface area contributed by atoms with E-state index in [0.29, 0.717) is 17.9 Å². The van der Waals surface area contributed by atoms with Gasteiger partial charge in [0.15, 0.2) is 11.2 Å². The lowest BCUT2D eigenvalue weighted by Crippen LogP contribution is -2.28. The van der Waals surface area contributed by atoms with Crippen LogP contribution >= 0.6 is 11.6 Å². The molecule has 0 spiro atoms. The summed E-state index contributed by atoms with van der Waals surface area (Å²) in [6.07, 6.45) is 1.27. The SMILES string of the molecule is Cc1ccc(Cn2nnc3c(=O)n(CC(=O)Nc4ccc(F)c(Cl)c4)cnc32)cc1. The van der Waals surface area contributed by atoms with E-state index in [9.17, 15) is 14.0 Å². The van der Waals surface area contributed by atoms with Gasteiger partial charge in [-0.1, -0.05) is 46.6 Å². The average molecular weight is 427 g/mol. The zero-order valence-electron chi connectivity index (χ0n) is 15.8. The van der Waals surface area contributed by atoms with Crippen molar-refractivity contribution in [3.8, 4) is 0 Å². The van der Waals surface area contributed by atoms with Crippen LogP contribution in [0.3, 0.4) is 0 Å². The third-order valence-corrected chi connectivity index (χ3v) is 4.75. The number of amides is 1. The van der Waals surface area contributed by atoms with Crippen molar-refractivity contribution in [3.05, 3.63) is 81.1 Å². The second-order valence-electron chi connectivity index (χ2n) is 6.76. The van der Waals surface area contributed by atoms with Gasteiger partial charge in [-0.25, -0.2) is 14.1 Å². The number of nitrogens with one attached hydrogen (secondary N) is 1. The summed E-state index contributed by atoms with van der Waals surface area (Å²) in [5.74, 6) is -1.08. The number of rotatable bonds is 5. The Bertz CT molecular complexity index is 1300. The number of nitrogens with zero attached hydrogens (tertiary/aromatic N) is 5. The van der Waals surface area contributed by atoms with Crippen molar-refractivity contribution in [1.29, 1.82) is 0 Å². The zero-order valence-corrected chi connectivity index (χ0v) is 16.6. The highest BCUT2D eigenvalue weighted by atomic mass is 35.5. The third kappa shape index (κ3) is 4.06. The molecule has 10 heteroatoms. The van der Waals surface area contributed by atoms with Gasteiger partial charge in [0.2, 0.25) is 5.91 Å². The van der Waals surface area contributed by atoms with Gasteiger partial charge in [0.1, 0.15) is 18.7 Å². The highest BCUT2D eigenvalue weighted by molar-refractivity contribution is 6.31. The van der Waals surface area contributed by atoms with E-state index in [-0.39, 0.29) is 17.1 Å². The Labute approximate surface area is 174 Å². The molecular weight excluding hydrogens is 411 g/mol. The molecule has 4 rings (SSSR count). The first-order chi connectivity index (χ1) is 14.4. The molecule has 0 unspecified atom stereocenters. The maximum absolute atomic E-state index is 13.2. The van der Waals surface area contributed by atoms with Crippen LogP contribution in [0.15, 0.2) is 53.6 Å². The van der Waals surface area contributed by atoms with Gasteiger partial charge in [-0.15, -0.1) is 5.10 Å². The summed E-state index contributed by atoms with van der Waals surface area (Å²) in [5.41, 5.74) is 2.38. The first kappa shape index (κ1) is 19.7. The molecule has 0 radical (unpaired) electrons. The molecule has 0 bridgehead atoms. The van der Waals surface area contributed by atoms with E-state index in [2.05, 4.69) is 20.6 Å². The fourth-order valence-corrected chi connectivity index (χ4v) is 3.08. The Kier molecular flexibility index (Phi) is 5.28. The Balaban J connectivity index is 1.53. The smallest absolute Gasteiger partial charge is 0.283 e. The van der Waals surface area contributed by atoms with Crippen LogP contribution in [0, 0.1) is 12.7 Å². The normalized spacial score (nSPS) is 11.0. The molecule has 152 valence electrons. The van der Waals surface area contributed by atoms with Gasteiger partial charge < -0.3 is 5.32 Å². The number of carbonyl (C=O) groups is 1. The molecule has 0 atom stereocenters. The van der Waals surface area contributed by atoms with Gasteiger partial charge in [-0.05, 0) is 30.7 Å². The number of hydrogen-bond acceptors (Lipinski definition) is 5. The predicted octanol–water partition coefficient (Wildman–Crippen LogP) is 2.78. The number of benzene rings is 2. The molecule has 0 fully saturated rings. The fourth-order valence-electron chi connectivity index (χ4n) is 2.90. The van der Waals surface area contributed by atoms with E-state index in [1.807, 2.05) is 31.2 Å². The van der Waals surface area contributed by atoms with Crippen LogP contribution in [0.2, 0.25) is 5.02 Å². The largest absolute Gasteiger partial charge is 0.324 e. The summed E-state index contributed by atoms with van der Waals surface area (Å²) in [6, 6.07) is 11.7. The molecule has 4 aromatic rings. The molecule has 1 N–H and O–H groups in total. The summed E-state index contributed by atoms with van der Waals surface area (Å²) in [4.78, 5) is 29.2. The highest BCUT2D eigenvalue weighted by Crippen LogP contribution is 2.19. The van der Waals surface area contributed by atoms with E-state index in [0.717, 1.165) is 21.8 Å². The first-order valence-electron chi connectivity index (χ1n) is 9.00. The quantitative estimate of drug-likeness (QED) is 0.529.